The van der Waals surface area contributed by atoms with E-state index < -0.39 is 5.60 Å². The molecule has 1 saturated heterocycles. The third-order valence-electron chi connectivity index (χ3n) is 5.84. The molecule has 2 fully saturated rings. The minimum atomic E-state index is -0.508. The number of benzene rings is 1. The second-order valence-corrected chi connectivity index (χ2v) is 7.74. The Labute approximate surface area is 156 Å². The van der Waals surface area contributed by atoms with Crippen molar-refractivity contribution in [3.05, 3.63) is 58.9 Å². The van der Waals surface area contributed by atoms with Crippen LogP contribution < -0.4 is 0 Å². The minimum absolute atomic E-state index is 0.193. The summed E-state index contributed by atoms with van der Waals surface area (Å²) in [6, 6.07) is 9.62. The molecular weight excluding hydrogens is 350 g/mol. The predicted molar refractivity (Wildman–Crippen MR) is 98.7 cm³/mol. The number of ether oxygens (including phenoxy) is 1. The number of amides is 1. The van der Waals surface area contributed by atoms with Gasteiger partial charge in [-0.15, -0.1) is 0 Å². The van der Waals surface area contributed by atoms with Crippen molar-refractivity contribution in [1.29, 1.82) is 0 Å². The second-order valence-electron chi connectivity index (χ2n) is 7.31. The van der Waals surface area contributed by atoms with E-state index in [0.717, 1.165) is 36.1 Å². The number of nitrogens with zero attached hydrogens (tertiary/aromatic N) is 3. The average Bonchev–Trinajstić information content (AvgIpc) is 3.38. The van der Waals surface area contributed by atoms with E-state index in [9.17, 15) is 4.79 Å². The van der Waals surface area contributed by atoms with E-state index in [0.29, 0.717) is 18.1 Å². The Kier molecular flexibility index (Phi) is 3.38. The summed E-state index contributed by atoms with van der Waals surface area (Å²) in [6.45, 7) is 1.23. The van der Waals surface area contributed by atoms with Gasteiger partial charge in [-0.05, 0) is 36.6 Å². The van der Waals surface area contributed by atoms with Crippen LogP contribution in [0.25, 0.3) is 0 Å². The van der Waals surface area contributed by atoms with Crippen LogP contribution in [0.2, 0.25) is 5.02 Å². The number of likely N-dealkylation sites (tertiary alicyclic amines) is 1. The van der Waals surface area contributed by atoms with Crippen LogP contribution >= 0.6 is 11.6 Å². The van der Waals surface area contributed by atoms with Crippen LogP contribution in [-0.4, -0.2) is 35.3 Å². The van der Waals surface area contributed by atoms with E-state index in [1.807, 2.05) is 35.2 Å². The quantitative estimate of drug-likeness (QED) is 0.815. The summed E-state index contributed by atoms with van der Waals surface area (Å²) in [5.41, 5.74) is 2.00. The van der Waals surface area contributed by atoms with Crippen molar-refractivity contribution in [2.24, 2.45) is 4.99 Å². The van der Waals surface area contributed by atoms with E-state index in [1.165, 1.54) is 6.40 Å². The first-order valence-corrected chi connectivity index (χ1v) is 9.21. The maximum Gasteiger partial charge on any atom is 0.233 e. The highest BCUT2D eigenvalue weighted by Gasteiger charge is 2.56. The van der Waals surface area contributed by atoms with Crippen LogP contribution in [0, 0.1) is 0 Å². The number of hydrogen-bond acceptors (Lipinski definition) is 4. The average molecular weight is 368 g/mol. The highest BCUT2D eigenvalue weighted by Crippen LogP contribution is 2.51. The summed E-state index contributed by atoms with van der Waals surface area (Å²) >= 11 is 6.00. The monoisotopic (exact) mass is 367 g/mol. The molecule has 2 aliphatic heterocycles. The van der Waals surface area contributed by atoms with Crippen molar-refractivity contribution in [3.63, 3.8) is 0 Å². The van der Waals surface area contributed by atoms with Crippen molar-refractivity contribution < 1.29 is 9.53 Å². The number of halogens is 1. The molecule has 0 N–H and O–H groups in total. The van der Waals surface area contributed by atoms with E-state index in [2.05, 4.69) is 9.98 Å². The smallest absolute Gasteiger partial charge is 0.233 e. The van der Waals surface area contributed by atoms with Gasteiger partial charge < -0.3 is 9.64 Å². The van der Waals surface area contributed by atoms with Crippen LogP contribution in [0.1, 0.15) is 30.4 Å². The van der Waals surface area contributed by atoms with Gasteiger partial charge in [0.1, 0.15) is 0 Å². The lowest BCUT2D eigenvalue weighted by atomic mass is 9.91. The fourth-order valence-electron chi connectivity index (χ4n) is 4.22. The first-order chi connectivity index (χ1) is 12.6. The topological polar surface area (TPSA) is 54.8 Å². The van der Waals surface area contributed by atoms with Crippen molar-refractivity contribution in [1.82, 2.24) is 9.88 Å². The normalized spacial score (nSPS) is 25.0. The largest absolute Gasteiger partial charge is 0.470 e. The van der Waals surface area contributed by atoms with Crippen LogP contribution in [0.4, 0.5) is 5.69 Å². The zero-order chi connectivity index (χ0) is 17.8. The molecule has 3 heterocycles. The number of carbonyl (C=O) groups excluding carboxylic acids is 1. The van der Waals surface area contributed by atoms with Crippen molar-refractivity contribution in [2.75, 3.05) is 13.1 Å². The first kappa shape index (κ1) is 15.8. The van der Waals surface area contributed by atoms with Gasteiger partial charge in [0.05, 0.1) is 23.8 Å². The summed E-state index contributed by atoms with van der Waals surface area (Å²) in [6.07, 6.45) is 7.53. The van der Waals surface area contributed by atoms with E-state index in [-0.39, 0.29) is 11.3 Å². The van der Waals surface area contributed by atoms with Gasteiger partial charge in [0.15, 0.2) is 12.0 Å². The lowest BCUT2D eigenvalue weighted by Gasteiger charge is -2.32. The molecular formula is C20H18ClN3O2. The zero-order valence-corrected chi connectivity index (χ0v) is 14.9. The lowest BCUT2D eigenvalue weighted by Crippen LogP contribution is -2.41. The molecule has 132 valence electrons. The summed E-state index contributed by atoms with van der Waals surface area (Å²) in [5, 5.41) is 0.692. The Bertz CT molecular complexity index is 908. The molecule has 5 rings (SSSR count). The van der Waals surface area contributed by atoms with Gasteiger partial charge in [0.2, 0.25) is 5.91 Å². The standard InChI is InChI=1S/C20H18ClN3O2/c21-15-3-1-14(2-4-15)19(6-7-19)18(25)24-10-8-20(12-24)16-5-9-22-11-17(16)23-13-26-20/h1-5,9,11,13H,6-8,10,12H2. The molecule has 1 atom stereocenters. The maximum atomic E-state index is 13.3. The number of rotatable bonds is 2. The van der Waals surface area contributed by atoms with E-state index >= 15 is 0 Å². The first-order valence-electron chi connectivity index (χ1n) is 8.83. The van der Waals surface area contributed by atoms with Crippen LogP contribution in [0.15, 0.2) is 47.7 Å². The number of hydrogen-bond donors (Lipinski definition) is 0. The van der Waals surface area contributed by atoms with Crippen molar-refractivity contribution in [3.8, 4) is 0 Å². The third-order valence-corrected chi connectivity index (χ3v) is 6.09. The molecule has 1 aromatic heterocycles. The van der Waals surface area contributed by atoms with Crippen LogP contribution in [-0.2, 0) is 20.5 Å². The van der Waals surface area contributed by atoms with Gasteiger partial charge in [0, 0.05) is 29.7 Å². The summed E-state index contributed by atoms with van der Waals surface area (Å²) in [4.78, 5) is 23.7. The molecule has 0 bridgehead atoms. The molecule has 26 heavy (non-hydrogen) atoms. The Morgan fingerprint density at radius 2 is 1.96 bits per heavy atom. The number of aliphatic imine (C=N–C) groups is 1. The van der Waals surface area contributed by atoms with Gasteiger partial charge in [0.25, 0.3) is 0 Å². The lowest BCUT2D eigenvalue weighted by molar-refractivity contribution is -0.133. The predicted octanol–water partition coefficient (Wildman–Crippen LogP) is 3.58. The van der Waals surface area contributed by atoms with Crippen LogP contribution in [0.3, 0.4) is 0 Å². The molecule has 0 radical (unpaired) electrons. The van der Waals surface area contributed by atoms with E-state index in [4.69, 9.17) is 16.3 Å². The van der Waals surface area contributed by atoms with Crippen molar-refractivity contribution >= 4 is 29.6 Å². The van der Waals surface area contributed by atoms with Gasteiger partial charge >= 0.3 is 0 Å². The van der Waals surface area contributed by atoms with E-state index in [1.54, 1.807) is 12.4 Å². The number of pyridine rings is 1. The van der Waals surface area contributed by atoms with Gasteiger partial charge in [-0.2, -0.15) is 0 Å². The fourth-order valence-corrected chi connectivity index (χ4v) is 4.34. The molecule has 1 aromatic carbocycles. The molecule has 1 amide bonds. The molecule has 1 unspecified atom stereocenters. The van der Waals surface area contributed by atoms with Crippen LogP contribution in [0.5, 0.6) is 0 Å². The van der Waals surface area contributed by atoms with Crippen molar-refractivity contribution in [2.45, 2.75) is 30.3 Å². The third kappa shape index (κ3) is 2.27. The maximum absolute atomic E-state index is 13.3. The molecule has 1 saturated carbocycles. The summed E-state index contributed by atoms with van der Waals surface area (Å²) in [7, 11) is 0. The SMILES string of the molecule is O=C(N1CCC2(C1)OC=Nc1cnccc12)C1(c2ccc(Cl)cc2)CC1. The van der Waals surface area contributed by atoms with Gasteiger partial charge in [-0.3, -0.25) is 9.78 Å². The summed E-state index contributed by atoms with van der Waals surface area (Å²) < 4.78 is 5.96. The Morgan fingerprint density at radius 3 is 2.73 bits per heavy atom. The Balaban J connectivity index is 1.42. The molecule has 5 nitrogen and oxygen atoms in total. The van der Waals surface area contributed by atoms with Gasteiger partial charge in [-0.25, -0.2) is 4.99 Å². The zero-order valence-electron chi connectivity index (χ0n) is 14.2. The minimum Gasteiger partial charge on any atom is -0.470 e. The molecule has 1 spiro atoms. The Morgan fingerprint density at radius 1 is 1.15 bits per heavy atom. The second kappa shape index (κ2) is 5.55. The molecule has 2 aromatic rings. The number of aromatic nitrogens is 1. The highest BCUT2D eigenvalue weighted by atomic mass is 35.5. The number of carbonyl (C=O) groups is 1. The summed E-state index contributed by atoms with van der Waals surface area (Å²) in [5.74, 6) is 0.193. The molecule has 3 aliphatic rings. The Hall–Kier alpha value is -2.40. The van der Waals surface area contributed by atoms with Gasteiger partial charge in [-0.1, -0.05) is 23.7 Å². The number of fused-ring (bicyclic) bond motifs is 2. The highest BCUT2D eigenvalue weighted by molar-refractivity contribution is 6.30. The fraction of sp³-hybridized carbons (Fsp3) is 0.350. The molecule has 6 heteroatoms. The molecule has 1 aliphatic carbocycles.